The van der Waals surface area contributed by atoms with Crippen molar-refractivity contribution in [2.45, 2.75) is 64.5 Å². The normalized spacial score (nSPS) is 17.4. The van der Waals surface area contributed by atoms with E-state index in [1.165, 1.54) is 0 Å². The van der Waals surface area contributed by atoms with Gasteiger partial charge in [0.25, 0.3) is 5.56 Å². The molecule has 1 aliphatic carbocycles. The zero-order valence-electron chi connectivity index (χ0n) is 22.0. The highest BCUT2D eigenvalue weighted by Gasteiger charge is 2.43. The quantitative estimate of drug-likeness (QED) is 0.159. The van der Waals surface area contributed by atoms with Crippen molar-refractivity contribution in [1.82, 2.24) is 9.55 Å². The summed E-state index contributed by atoms with van der Waals surface area (Å²) < 4.78 is 12.1. The van der Waals surface area contributed by atoms with Crippen LogP contribution in [-0.2, 0) is 44.1 Å². The molecule has 1 atom stereocenters. The summed E-state index contributed by atoms with van der Waals surface area (Å²) in [5, 5.41) is 12.0. The van der Waals surface area contributed by atoms with E-state index in [0.717, 1.165) is 22.6 Å². The number of aromatic nitrogens is 2. The van der Waals surface area contributed by atoms with E-state index in [-0.39, 0.29) is 37.2 Å². The van der Waals surface area contributed by atoms with Gasteiger partial charge in [-0.15, -0.1) is 0 Å². The molecule has 2 aromatic heterocycles. The smallest absolute Gasteiger partial charge is 0.330 e. The van der Waals surface area contributed by atoms with Crippen molar-refractivity contribution in [3.05, 3.63) is 69.5 Å². The van der Waals surface area contributed by atoms with Crippen LogP contribution >= 0.6 is 0 Å². The first-order valence-corrected chi connectivity index (χ1v) is 13.2. The van der Waals surface area contributed by atoms with E-state index in [1.54, 1.807) is 35.8 Å². The Kier molecular flexibility index (Phi) is 6.94. The summed E-state index contributed by atoms with van der Waals surface area (Å²) in [6.45, 7) is 7.53. The third-order valence-electron chi connectivity index (χ3n) is 7.68. The summed E-state index contributed by atoms with van der Waals surface area (Å²) in [6, 6.07) is 6.99. The number of carbonyl (C=O) groups is 3. The van der Waals surface area contributed by atoms with Gasteiger partial charge in [0.05, 0.1) is 30.1 Å². The molecule has 3 heterocycles. The molecule has 202 valence electrons. The molecule has 0 radical (unpaired) electrons. The van der Waals surface area contributed by atoms with Crippen LogP contribution in [0.1, 0.15) is 61.8 Å². The Balaban J connectivity index is 1.48. The molecule has 9 nitrogen and oxygen atoms in total. The van der Waals surface area contributed by atoms with Crippen LogP contribution in [0.2, 0.25) is 0 Å². The highest BCUT2D eigenvalue weighted by molar-refractivity contribution is 5.92. The third-order valence-corrected chi connectivity index (χ3v) is 7.68. The van der Waals surface area contributed by atoms with Crippen molar-refractivity contribution in [2.75, 3.05) is 6.61 Å². The van der Waals surface area contributed by atoms with E-state index in [2.05, 4.69) is 6.58 Å². The van der Waals surface area contributed by atoms with Crippen LogP contribution in [0.5, 0.6) is 5.75 Å². The maximum atomic E-state index is 13.5. The van der Waals surface area contributed by atoms with Crippen LogP contribution in [0.15, 0.2) is 41.7 Å². The molecule has 0 spiro atoms. The lowest BCUT2D eigenvalue weighted by molar-refractivity contribution is -0.140. The number of ether oxygens (including phenoxy) is 2. The second-order valence-electron chi connectivity index (χ2n) is 9.85. The summed E-state index contributed by atoms with van der Waals surface area (Å²) in [5.41, 5.74) is 2.87. The lowest BCUT2D eigenvalue weighted by atomic mass is 9.77. The Bertz CT molecular complexity index is 1600. The van der Waals surface area contributed by atoms with Crippen LogP contribution in [-0.4, -0.2) is 39.0 Å². The van der Waals surface area contributed by atoms with Crippen molar-refractivity contribution < 1.29 is 29.0 Å². The van der Waals surface area contributed by atoms with E-state index in [9.17, 15) is 24.3 Å². The molecule has 0 unspecified atom stereocenters. The number of pyridine rings is 2. The molecule has 0 bridgehead atoms. The van der Waals surface area contributed by atoms with Gasteiger partial charge in [0.15, 0.2) is 5.78 Å². The zero-order chi connectivity index (χ0) is 27.9. The minimum Gasteiger partial charge on any atom is -0.463 e. The van der Waals surface area contributed by atoms with Gasteiger partial charge in [0.2, 0.25) is 0 Å². The molecule has 1 aromatic carbocycles. The highest BCUT2D eigenvalue weighted by atomic mass is 16.5. The molecular formula is C30H30N2O7. The Morgan fingerprint density at radius 1 is 1.18 bits per heavy atom. The van der Waals surface area contributed by atoms with Gasteiger partial charge in [-0.2, -0.15) is 0 Å². The molecular weight excluding hydrogens is 500 g/mol. The zero-order valence-corrected chi connectivity index (χ0v) is 22.0. The lowest BCUT2D eigenvalue weighted by Crippen LogP contribution is -2.43. The predicted octanol–water partition coefficient (Wildman–Crippen LogP) is 3.52. The topological polar surface area (TPSA) is 125 Å². The average Bonchev–Trinajstić information content (AvgIpc) is 3.30. The van der Waals surface area contributed by atoms with Gasteiger partial charge < -0.3 is 19.1 Å². The van der Waals surface area contributed by atoms with Crippen molar-refractivity contribution in [3.63, 3.8) is 0 Å². The van der Waals surface area contributed by atoms with Crippen LogP contribution in [0.3, 0.4) is 0 Å². The highest BCUT2D eigenvalue weighted by Crippen LogP contribution is 2.41. The fourth-order valence-electron chi connectivity index (χ4n) is 5.62. The summed E-state index contributed by atoms with van der Waals surface area (Å²) in [7, 11) is 0. The summed E-state index contributed by atoms with van der Waals surface area (Å²) >= 11 is 0. The molecule has 2 aliphatic rings. The second-order valence-corrected chi connectivity index (χ2v) is 9.85. The van der Waals surface area contributed by atoms with Gasteiger partial charge in [0, 0.05) is 41.0 Å². The second kappa shape index (κ2) is 10.2. The van der Waals surface area contributed by atoms with Crippen LogP contribution < -0.4 is 10.3 Å². The third kappa shape index (κ3) is 4.46. The predicted molar refractivity (Wildman–Crippen MR) is 143 cm³/mol. The molecule has 39 heavy (non-hydrogen) atoms. The van der Waals surface area contributed by atoms with Crippen LogP contribution in [0, 0.1) is 0 Å². The minimum atomic E-state index is -1.67. The largest absolute Gasteiger partial charge is 0.463 e. The van der Waals surface area contributed by atoms with E-state index in [4.69, 9.17) is 14.5 Å². The maximum absolute atomic E-state index is 13.5. The Hall–Kier alpha value is -4.11. The van der Waals surface area contributed by atoms with E-state index in [0.29, 0.717) is 59.6 Å². The molecule has 0 amide bonds. The average molecular weight is 531 g/mol. The number of ketones is 1. The number of esters is 2. The van der Waals surface area contributed by atoms with Gasteiger partial charge >= 0.3 is 11.9 Å². The van der Waals surface area contributed by atoms with Gasteiger partial charge in [-0.3, -0.25) is 14.4 Å². The SMILES string of the molecule is C=CC(=O)OCCCC(=O)Oc1ccc2nc3c(c(CC)c2c1)Cn1c-3cc2c(c1=O)CCC(=O)[C@]2(O)CC. The maximum Gasteiger partial charge on any atom is 0.330 e. The lowest BCUT2D eigenvalue weighted by Gasteiger charge is -2.32. The Labute approximate surface area is 225 Å². The minimum absolute atomic E-state index is 0.0844. The van der Waals surface area contributed by atoms with Crippen molar-refractivity contribution in [3.8, 4) is 17.1 Å². The Morgan fingerprint density at radius 3 is 2.69 bits per heavy atom. The summed E-state index contributed by atoms with van der Waals surface area (Å²) in [6.07, 6.45) is 2.79. The molecule has 5 rings (SSSR count). The van der Waals surface area contributed by atoms with Gasteiger partial charge in [-0.25, -0.2) is 9.78 Å². The van der Waals surface area contributed by atoms with Gasteiger partial charge in [-0.1, -0.05) is 20.4 Å². The van der Waals surface area contributed by atoms with Crippen molar-refractivity contribution in [2.24, 2.45) is 0 Å². The fraction of sp³-hybridized carbons (Fsp3) is 0.367. The van der Waals surface area contributed by atoms with Crippen molar-refractivity contribution in [1.29, 1.82) is 0 Å². The number of hydrogen-bond donors (Lipinski definition) is 1. The molecule has 1 N–H and O–H groups in total. The molecule has 9 heteroatoms. The van der Waals surface area contributed by atoms with Gasteiger partial charge in [0.1, 0.15) is 11.4 Å². The standard InChI is InChI=1S/C30H30N2O7/c1-4-18-20-14-17(39-27(35)8-7-13-38-26(34)5-2)9-11-23(20)31-28-21(18)16-32-24(28)15-22-19(29(32)36)10-12-25(33)30(22,37)6-3/h5,9,11,14-15,37H,2,4,6-8,10,12-13,16H2,1,3H3/t30-/m0/s1. The summed E-state index contributed by atoms with van der Waals surface area (Å²) in [5.74, 6) is -0.870. The van der Waals surface area contributed by atoms with E-state index >= 15 is 0 Å². The molecule has 0 saturated carbocycles. The molecule has 3 aromatic rings. The van der Waals surface area contributed by atoms with Crippen molar-refractivity contribution >= 4 is 28.6 Å². The molecule has 0 fully saturated rings. The Morgan fingerprint density at radius 2 is 1.97 bits per heavy atom. The first-order chi connectivity index (χ1) is 18.7. The number of benzene rings is 1. The number of hydrogen-bond acceptors (Lipinski definition) is 8. The number of Topliss-reactive ketones (excluding diaryl/α,β-unsaturated/α-hetero) is 1. The molecule has 1 aliphatic heterocycles. The number of nitrogens with zero attached hydrogens (tertiary/aromatic N) is 2. The van der Waals surface area contributed by atoms with E-state index in [1.807, 2.05) is 6.92 Å². The van der Waals surface area contributed by atoms with Crippen LogP contribution in [0.25, 0.3) is 22.3 Å². The number of rotatable bonds is 8. The number of fused-ring (bicyclic) bond motifs is 5. The molecule has 0 saturated heterocycles. The number of aryl methyl sites for hydroxylation is 1. The van der Waals surface area contributed by atoms with Gasteiger partial charge in [-0.05, 0) is 55.5 Å². The first kappa shape index (κ1) is 26.5. The first-order valence-electron chi connectivity index (χ1n) is 13.2. The van der Waals surface area contributed by atoms with E-state index < -0.39 is 17.5 Å². The van der Waals surface area contributed by atoms with Crippen LogP contribution in [0.4, 0.5) is 0 Å². The summed E-state index contributed by atoms with van der Waals surface area (Å²) in [4.78, 5) is 54.5. The number of aliphatic hydroxyl groups is 1. The fourth-order valence-corrected chi connectivity index (χ4v) is 5.62. The number of carbonyl (C=O) groups excluding carboxylic acids is 3. The monoisotopic (exact) mass is 530 g/mol.